The number of amides is 1. The minimum atomic E-state index is -0.308. The fourth-order valence-electron chi connectivity index (χ4n) is 1.90. The molecule has 2 aromatic carbocycles. The summed E-state index contributed by atoms with van der Waals surface area (Å²) in [7, 11) is 1.69. The standard InChI is InChI=1S/C16H16FNO/c1-3-12-5-4-6-13(11-12)16(19)18(2)15-9-7-14(17)8-10-15/h4-11H,3H2,1-2H3. The lowest BCUT2D eigenvalue weighted by atomic mass is 10.1. The first-order chi connectivity index (χ1) is 9.11. The number of benzene rings is 2. The lowest BCUT2D eigenvalue weighted by Crippen LogP contribution is -2.26. The molecule has 0 aliphatic rings. The second-order valence-corrected chi connectivity index (χ2v) is 4.39. The first kappa shape index (κ1) is 13.3. The van der Waals surface area contributed by atoms with E-state index >= 15 is 0 Å². The maximum atomic E-state index is 12.9. The summed E-state index contributed by atoms with van der Waals surface area (Å²) in [6, 6.07) is 13.4. The summed E-state index contributed by atoms with van der Waals surface area (Å²) >= 11 is 0. The van der Waals surface area contributed by atoms with Crippen molar-refractivity contribution in [3.8, 4) is 0 Å². The third kappa shape index (κ3) is 2.99. The van der Waals surface area contributed by atoms with Crippen LogP contribution in [0.1, 0.15) is 22.8 Å². The van der Waals surface area contributed by atoms with Gasteiger partial charge in [-0.25, -0.2) is 4.39 Å². The first-order valence-electron chi connectivity index (χ1n) is 6.24. The van der Waals surface area contributed by atoms with Crippen molar-refractivity contribution < 1.29 is 9.18 Å². The van der Waals surface area contributed by atoms with Gasteiger partial charge in [0.15, 0.2) is 0 Å². The van der Waals surface area contributed by atoms with Crippen LogP contribution < -0.4 is 4.90 Å². The van der Waals surface area contributed by atoms with Crippen molar-refractivity contribution in [3.05, 3.63) is 65.5 Å². The molecule has 0 N–H and O–H groups in total. The maximum absolute atomic E-state index is 12.9. The monoisotopic (exact) mass is 257 g/mol. The van der Waals surface area contributed by atoms with E-state index in [9.17, 15) is 9.18 Å². The molecule has 2 aromatic rings. The maximum Gasteiger partial charge on any atom is 0.258 e. The van der Waals surface area contributed by atoms with E-state index in [2.05, 4.69) is 0 Å². The number of anilines is 1. The Morgan fingerprint density at radius 1 is 1.16 bits per heavy atom. The number of hydrogen-bond donors (Lipinski definition) is 0. The molecule has 0 saturated carbocycles. The van der Waals surface area contributed by atoms with Gasteiger partial charge < -0.3 is 4.90 Å². The molecule has 3 heteroatoms. The molecular formula is C16H16FNO. The van der Waals surface area contributed by atoms with Gasteiger partial charge in [0.2, 0.25) is 0 Å². The van der Waals surface area contributed by atoms with E-state index in [0.29, 0.717) is 11.3 Å². The number of nitrogens with zero attached hydrogens (tertiary/aromatic N) is 1. The second kappa shape index (κ2) is 5.65. The van der Waals surface area contributed by atoms with Crippen LogP contribution in [-0.4, -0.2) is 13.0 Å². The number of carbonyl (C=O) groups excluding carboxylic acids is 1. The van der Waals surface area contributed by atoms with E-state index in [1.54, 1.807) is 25.2 Å². The highest BCUT2D eigenvalue weighted by Crippen LogP contribution is 2.17. The van der Waals surface area contributed by atoms with Gasteiger partial charge in [0.25, 0.3) is 5.91 Å². The van der Waals surface area contributed by atoms with Crippen LogP contribution in [0.5, 0.6) is 0 Å². The van der Waals surface area contributed by atoms with E-state index in [-0.39, 0.29) is 11.7 Å². The van der Waals surface area contributed by atoms with Crippen molar-refractivity contribution >= 4 is 11.6 Å². The molecule has 2 nitrogen and oxygen atoms in total. The Morgan fingerprint density at radius 3 is 2.47 bits per heavy atom. The van der Waals surface area contributed by atoms with Crippen molar-refractivity contribution in [2.45, 2.75) is 13.3 Å². The van der Waals surface area contributed by atoms with Gasteiger partial charge in [-0.2, -0.15) is 0 Å². The van der Waals surface area contributed by atoms with Crippen LogP contribution in [0.4, 0.5) is 10.1 Å². The van der Waals surface area contributed by atoms with Crippen LogP contribution in [0.15, 0.2) is 48.5 Å². The molecule has 0 spiro atoms. The second-order valence-electron chi connectivity index (χ2n) is 4.39. The van der Waals surface area contributed by atoms with E-state index in [1.165, 1.54) is 17.0 Å². The zero-order valence-corrected chi connectivity index (χ0v) is 11.1. The summed E-state index contributed by atoms with van der Waals surface area (Å²) in [4.78, 5) is 13.9. The normalized spacial score (nSPS) is 10.3. The van der Waals surface area contributed by atoms with E-state index in [4.69, 9.17) is 0 Å². The lowest BCUT2D eigenvalue weighted by Gasteiger charge is -2.17. The van der Waals surface area contributed by atoms with Gasteiger partial charge in [-0.1, -0.05) is 19.1 Å². The molecule has 0 aliphatic heterocycles. The van der Waals surface area contributed by atoms with Gasteiger partial charge in [-0.05, 0) is 48.4 Å². The molecule has 0 radical (unpaired) electrons. The van der Waals surface area contributed by atoms with Crippen LogP contribution in [0.3, 0.4) is 0 Å². The third-order valence-electron chi connectivity index (χ3n) is 3.10. The summed E-state index contributed by atoms with van der Waals surface area (Å²) in [5.41, 5.74) is 2.44. The molecule has 2 rings (SSSR count). The molecule has 0 aliphatic carbocycles. The van der Waals surface area contributed by atoms with Gasteiger partial charge in [0, 0.05) is 18.3 Å². The van der Waals surface area contributed by atoms with E-state index in [1.807, 2.05) is 25.1 Å². The number of hydrogen-bond acceptors (Lipinski definition) is 1. The zero-order valence-electron chi connectivity index (χ0n) is 11.1. The summed E-state index contributed by atoms with van der Waals surface area (Å²) in [6.07, 6.45) is 0.890. The van der Waals surface area contributed by atoms with Crippen LogP contribution in [0.25, 0.3) is 0 Å². The minimum absolute atomic E-state index is 0.0955. The highest BCUT2D eigenvalue weighted by atomic mass is 19.1. The van der Waals surface area contributed by atoms with Crippen LogP contribution >= 0.6 is 0 Å². The third-order valence-corrected chi connectivity index (χ3v) is 3.10. The largest absolute Gasteiger partial charge is 0.311 e. The van der Waals surface area contributed by atoms with Gasteiger partial charge in [0.05, 0.1) is 0 Å². The van der Waals surface area contributed by atoms with Crippen molar-refractivity contribution in [2.75, 3.05) is 11.9 Å². The van der Waals surface area contributed by atoms with Crippen molar-refractivity contribution in [2.24, 2.45) is 0 Å². The van der Waals surface area contributed by atoms with Gasteiger partial charge in [0.1, 0.15) is 5.82 Å². The quantitative estimate of drug-likeness (QED) is 0.821. The Labute approximate surface area is 112 Å². The summed E-state index contributed by atoms with van der Waals surface area (Å²) < 4.78 is 12.9. The van der Waals surface area contributed by atoms with Crippen molar-refractivity contribution in [3.63, 3.8) is 0 Å². The smallest absolute Gasteiger partial charge is 0.258 e. The molecule has 19 heavy (non-hydrogen) atoms. The lowest BCUT2D eigenvalue weighted by molar-refractivity contribution is 0.0993. The zero-order chi connectivity index (χ0) is 13.8. The molecule has 0 aromatic heterocycles. The number of aryl methyl sites for hydroxylation is 1. The molecular weight excluding hydrogens is 241 g/mol. The molecule has 0 unspecified atom stereocenters. The van der Waals surface area contributed by atoms with Gasteiger partial charge >= 0.3 is 0 Å². The van der Waals surface area contributed by atoms with E-state index in [0.717, 1.165) is 12.0 Å². The van der Waals surface area contributed by atoms with Gasteiger partial charge in [-0.3, -0.25) is 4.79 Å². The summed E-state index contributed by atoms with van der Waals surface area (Å²) in [6.45, 7) is 2.05. The molecule has 1 amide bonds. The highest BCUT2D eigenvalue weighted by molar-refractivity contribution is 6.05. The highest BCUT2D eigenvalue weighted by Gasteiger charge is 2.13. The van der Waals surface area contributed by atoms with Crippen molar-refractivity contribution in [1.29, 1.82) is 0 Å². The van der Waals surface area contributed by atoms with Crippen LogP contribution in [0.2, 0.25) is 0 Å². The Hall–Kier alpha value is -2.16. The van der Waals surface area contributed by atoms with E-state index < -0.39 is 0 Å². The average Bonchev–Trinajstić information content (AvgIpc) is 2.46. The molecule has 0 fully saturated rings. The van der Waals surface area contributed by atoms with Crippen molar-refractivity contribution in [1.82, 2.24) is 0 Å². The Balaban J connectivity index is 2.25. The number of carbonyl (C=O) groups is 1. The molecule has 0 heterocycles. The minimum Gasteiger partial charge on any atom is -0.311 e. The number of halogens is 1. The average molecular weight is 257 g/mol. The molecule has 98 valence electrons. The molecule has 0 saturated heterocycles. The Kier molecular flexibility index (Phi) is 3.95. The summed E-state index contributed by atoms with van der Waals surface area (Å²) in [5, 5.41) is 0. The fourth-order valence-corrected chi connectivity index (χ4v) is 1.90. The molecule has 0 bridgehead atoms. The van der Waals surface area contributed by atoms with Crippen LogP contribution in [-0.2, 0) is 6.42 Å². The fraction of sp³-hybridized carbons (Fsp3) is 0.188. The SMILES string of the molecule is CCc1cccc(C(=O)N(C)c2ccc(F)cc2)c1. The topological polar surface area (TPSA) is 20.3 Å². The number of rotatable bonds is 3. The Morgan fingerprint density at radius 2 is 1.84 bits per heavy atom. The molecule has 0 atom stereocenters. The first-order valence-corrected chi connectivity index (χ1v) is 6.24. The van der Waals surface area contributed by atoms with Gasteiger partial charge in [-0.15, -0.1) is 0 Å². The Bertz CT molecular complexity index is 578. The summed E-state index contributed by atoms with van der Waals surface area (Å²) in [5.74, 6) is -0.403. The predicted molar refractivity (Wildman–Crippen MR) is 75.0 cm³/mol. The predicted octanol–water partition coefficient (Wildman–Crippen LogP) is 3.66. The van der Waals surface area contributed by atoms with Crippen LogP contribution in [0, 0.1) is 5.82 Å².